The first-order valence-corrected chi connectivity index (χ1v) is 8.56. The molecule has 0 fully saturated rings. The largest absolute Gasteiger partial charge is 0.459 e. The van der Waals surface area contributed by atoms with Crippen LogP contribution < -0.4 is 5.32 Å². The fourth-order valence-corrected chi connectivity index (χ4v) is 3.50. The van der Waals surface area contributed by atoms with Crippen molar-refractivity contribution in [1.29, 1.82) is 0 Å². The van der Waals surface area contributed by atoms with Crippen molar-refractivity contribution < 1.29 is 9.53 Å². The highest BCUT2D eigenvalue weighted by Gasteiger charge is 2.21. The van der Waals surface area contributed by atoms with E-state index in [0.717, 1.165) is 27.0 Å². The zero-order chi connectivity index (χ0) is 17.3. The highest BCUT2D eigenvalue weighted by molar-refractivity contribution is 7.20. The lowest BCUT2D eigenvalue weighted by atomic mass is 10.1. The van der Waals surface area contributed by atoms with Crippen molar-refractivity contribution >= 4 is 39.0 Å². The van der Waals surface area contributed by atoms with Gasteiger partial charge in [-0.15, -0.1) is 11.3 Å². The molecule has 3 aromatic rings. The van der Waals surface area contributed by atoms with Crippen LogP contribution in [0.4, 0.5) is 11.5 Å². The van der Waals surface area contributed by atoms with Crippen LogP contribution in [0.1, 0.15) is 34.6 Å². The van der Waals surface area contributed by atoms with E-state index < -0.39 is 0 Å². The summed E-state index contributed by atoms with van der Waals surface area (Å²) >= 11 is 1.34. The predicted molar refractivity (Wildman–Crippen MR) is 97.2 cm³/mol. The van der Waals surface area contributed by atoms with Gasteiger partial charge in [0.2, 0.25) is 0 Å². The smallest absolute Gasteiger partial charge is 0.348 e. The number of benzene rings is 1. The number of carbonyl (C=O) groups excluding carboxylic acids is 1. The van der Waals surface area contributed by atoms with Crippen molar-refractivity contribution in [3.63, 3.8) is 0 Å². The lowest BCUT2D eigenvalue weighted by Gasteiger charge is -2.10. The fraction of sp³-hybridized carbons (Fsp3) is 0.278. The van der Waals surface area contributed by atoms with Crippen LogP contribution in [0.3, 0.4) is 0 Å². The number of carbonyl (C=O) groups is 1. The Labute approximate surface area is 144 Å². The maximum atomic E-state index is 12.3. The third-order valence-corrected chi connectivity index (χ3v) is 4.83. The lowest BCUT2D eigenvalue weighted by Crippen LogP contribution is -2.11. The van der Waals surface area contributed by atoms with Crippen LogP contribution >= 0.6 is 11.3 Å². The van der Waals surface area contributed by atoms with Crippen molar-refractivity contribution in [2.24, 2.45) is 0 Å². The molecule has 2 aromatic heterocycles. The maximum Gasteiger partial charge on any atom is 0.348 e. The van der Waals surface area contributed by atoms with E-state index in [4.69, 9.17) is 4.74 Å². The number of nitrogens with zero attached hydrogens (tertiary/aromatic N) is 2. The Kier molecular flexibility index (Phi) is 4.49. The average Bonchev–Trinajstić information content (AvgIpc) is 2.87. The van der Waals surface area contributed by atoms with Crippen LogP contribution in [0.15, 0.2) is 30.6 Å². The van der Waals surface area contributed by atoms with Gasteiger partial charge in [-0.1, -0.05) is 18.2 Å². The Morgan fingerprint density at radius 2 is 1.96 bits per heavy atom. The Morgan fingerprint density at radius 3 is 2.67 bits per heavy atom. The molecule has 0 saturated heterocycles. The molecule has 124 valence electrons. The lowest BCUT2D eigenvalue weighted by molar-refractivity contribution is 0.0383. The van der Waals surface area contributed by atoms with E-state index in [9.17, 15) is 4.79 Å². The molecule has 6 heteroatoms. The summed E-state index contributed by atoms with van der Waals surface area (Å²) in [7, 11) is 0. The van der Waals surface area contributed by atoms with Crippen molar-refractivity contribution in [2.45, 2.75) is 33.8 Å². The maximum absolute atomic E-state index is 12.3. The molecule has 2 heterocycles. The summed E-state index contributed by atoms with van der Waals surface area (Å²) in [6, 6.07) is 8.00. The van der Waals surface area contributed by atoms with Gasteiger partial charge in [-0.25, -0.2) is 14.8 Å². The number of rotatable bonds is 4. The van der Waals surface area contributed by atoms with Gasteiger partial charge in [0.1, 0.15) is 21.9 Å². The quantitative estimate of drug-likeness (QED) is 0.702. The van der Waals surface area contributed by atoms with Crippen LogP contribution in [0, 0.1) is 13.8 Å². The molecule has 1 aromatic carbocycles. The summed E-state index contributed by atoms with van der Waals surface area (Å²) in [6.07, 6.45) is 1.36. The van der Waals surface area contributed by atoms with Crippen molar-refractivity contribution in [1.82, 2.24) is 9.97 Å². The summed E-state index contributed by atoms with van der Waals surface area (Å²) in [5, 5.41) is 4.21. The second-order valence-corrected chi connectivity index (χ2v) is 6.85. The number of fused-ring (bicyclic) bond motifs is 1. The number of nitrogens with one attached hydrogen (secondary N) is 1. The Morgan fingerprint density at radius 1 is 1.21 bits per heavy atom. The van der Waals surface area contributed by atoms with Gasteiger partial charge in [0.15, 0.2) is 0 Å². The minimum atomic E-state index is -0.313. The van der Waals surface area contributed by atoms with Gasteiger partial charge in [0.05, 0.1) is 11.5 Å². The SMILES string of the molecule is Cc1ccccc1Nc1ncnc2sc(C(=O)OC(C)C)c(C)c12. The zero-order valence-electron chi connectivity index (χ0n) is 14.1. The first-order chi connectivity index (χ1) is 11.5. The Hall–Kier alpha value is -2.47. The average molecular weight is 341 g/mol. The number of esters is 1. The first kappa shape index (κ1) is 16.4. The number of para-hydroxylation sites is 1. The molecule has 24 heavy (non-hydrogen) atoms. The monoisotopic (exact) mass is 341 g/mol. The topological polar surface area (TPSA) is 64.1 Å². The van der Waals surface area contributed by atoms with E-state index in [1.165, 1.54) is 17.7 Å². The molecule has 0 aliphatic carbocycles. The molecule has 1 N–H and O–H groups in total. The van der Waals surface area contributed by atoms with Gasteiger partial charge >= 0.3 is 5.97 Å². The van der Waals surface area contributed by atoms with Gasteiger partial charge < -0.3 is 10.1 Å². The number of hydrogen-bond acceptors (Lipinski definition) is 6. The molecule has 0 aliphatic rings. The number of ether oxygens (including phenoxy) is 1. The predicted octanol–water partition coefficient (Wildman–Crippen LogP) is 4.62. The second-order valence-electron chi connectivity index (χ2n) is 5.85. The summed E-state index contributed by atoms with van der Waals surface area (Å²) in [6.45, 7) is 7.62. The highest BCUT2D eigenvalue weighted by Crippen LogP contribution is 2.35. The molecule has 0 atom stereocenters. The molecular formula is C18H19N3O2S. The molecule has 5 nitrogen and oxygen atoms in total. The minimum absolute atomic E-state index is 0.155. The number of anilines is 2. The van der Waals surface area contributed by atoms with Gasteiger partial charge in [-0.05, 0) is 44.9 Å². The third-order valence-electron chi connectivity index (χ3n) is 3.65. The second kappa shape index (κ2) is 6.57. The van der Waals surface area contributed by atoms with Crippen molar-refractivity contribution in [3.05, 3.63) is 46.6 Å². The molecular weight excluding hydrogens is 322 g/mol. The van der Waals surface area contributed by atoms with E-state index >= 15 is 0 Å². The molecule has 0 saturated carbocycles. The van der Waals surface area contributed by atoms with E-state index in [1.807, 2.05) is 52.0 Å². The van der Waals surface area contributed by atoms with Crippen molar-refractivity contribution in [2.75, 3.05) is 5.32 Å². The summed E-state index contributed by atoms with van der Waals surface area (Å²) in [5.41, 5.74) is 2.95. The summed E-state index contributed by atoms with van der Waals surface area (Å²) in [5.74, 6) is 0.388. The fourth-order valence-electron chi connectivity index (χ4n) is 2.47. The van der Waals surface area contributed by atoms with E-state index in [0.29, 0.717) is 10.7 Å². The Bertz CT molecular complexity index is 902. The van der Waals surface area contributed by atoms with Crippen LogP contribution in [0.25, 0.3) is 10.2 Å². The van der Waals surface area contributed by atoms with Crippen LogP contribution in [-0.4, -0.2) is 22.0 Å². The van der Waals surface area contributed by atoms with E-state index in [-0.39, 0.29) is 12.1 Å². The molecule has 0 spiro atoms. The van der Waals surface area contributed by atoms with Gasteiger partial charge in [0, 0.05) is 5.69 Å². The molecule has 3 rings (SSSR count). The number of aryl methyl sites for hydroxylation is 2. The molecule has 0 amide bonds. The number of thiophene rings is 1. The normalized spacial score (nSPS) is 11.0. The van der Waals surface area contributed by atoms with Gasteiger partial charge in [0.25, 0.3) is 0 Å². The third kappa shape index (κ3) is 3.10. The zero-order valence-corrected chi connectivity index (χ0v) is 14.9. The molecule has 0 bridgehead atoms. The van der Waals surface area contributed by atoms with Gasteiger partial charge in [-0.3, -0.25) is 0 Å². The molecule has 0 aliphatic heterocycles. The number of hydrogen-bond donors (Lipinski definition) is 1. The highest BCUT2D eigenvalue weighted by atomic mass is 32.1. The van der Waals surface area contributed by atoms with Crippen LogP contribution in [0.5, 0.6) is 0 Å². The van der Waals surface area contributed by atoms with Crippen LogP contribution in [-0.2, 0) is 4.74 Å². The minimum Gasteiger partial charge on any atom is -0.459 e. The van der Waals surface area contributed by atoms with E-state index in [1.54, 1.807) is 0 Å². The van der Waals surface area contributed by atoms with E-state index in [2.05, 4.69) is 15.3 Å². The van der Waals surface area contributed by atoms with Gasteiger partial charge in [-0.2, -0.15) is 0 Å². The van der Waals surface area contributed by atoms with Crippen molar-refractivity contribution in [3.8, 4) is 0 Å². The van der Waals surface area contributed by atoms with Crippen LogP contribution in [0.2, 0.25) is 0 Å². The number of aromatic nitrogens is 2. The summed E-state index contributed by atoms with van der Waals surface area (Å²) < 4.78 is 5.33. The Balaban J connectivity index is 2.05. The standard InChI is InChI=1S/C18H19N3O2S/c1-10(2)23-18(22)15-12(4)14-16(19-9-20-17(14)24-15)21-13-8-6-5-7-11(13)3/h5-10H,1-4H3,(H,19,20,21). The molecule has 0 radical (unpaired) electrons. The summed E-state index contributed by atoms with van der Waals surface area (Å²) in [4.78, 5) is 22.3. The molecule has 0 unspecified atom stereocenters. The first-order valence-electron chi connectivity index (χ1n) is 7.75.